The minimum atomic E-state index is -0.597. The lowest BCUT2D eigenvalue weighted by atomic mass is 10.1. The number of rotatable bonds is 6. The summed E-state index contributed by atoms with van der Waals surface area (Å²) < 4.78 is 11.1. The van der Waals surface area contributed by atoms with E-state index in [0.29, 0.717) is 22.2 Å². The van der Waals surface area contributed by atoms with E-state index in [1.165, 1.54) is 13.4 Å². The topological polar surface area (TPSA) is 99.4 Å². The third-order valence-corrected chi connectivity index (χ3v) is 4.58. The molecule has 0 saturated carbocycles. The van der Waals surface area contributed by atoms with Crippen LogP contribution in [0.4, 0.5) is 17.2 Å². The van der Waals surface area contributed by atoms with E-state index in [9.17, 15) is 10.1 Å². The van der Waals surface area contributed by atoms with Crippen LogP contribution in [0.5, 0.6) is 17.4 Å². The molecule has 3 aromatic carbocycles. The van der Waals surface area contributed by atoms with E-state index < -0.39 is 10.6 Å². The molecule has 4 aromatic rings. The van der Waals surface area contributed by atoms with Crippen LogP contribution in [0, 0.1) is 10.1 Å². The number of fused-ring (bicyclic) bond motifs is 1. The predicted octanol–water partition coefficient (Wildman–Crippen LogP) is 5.74. The van der Waals surface area contributed by atoms with Gasteiger partial charge >= 0.3 is 11.6 Å². The second-order valence-electron chi connectivity index (χ2n) is 6.18. The van der Waals surface area contributed by atoms with Crippen LogP contribution >= 0.6 is 11.6 Å². The first-order valence-corrected chi connectivity index (χ1v) is 9.20. The first kappa shape index (κ1) is 19.4. The summed E-state index contributed by atoms with van der Waals surface area (Å²) in [6.45, 7) is 0. The lowest BCUT2D eigenvalue weighted by Gasteiger charge is -2.13. The van der Waals surface area contributed by atoms with Crippen LogP contribution in [0.3, 0.4) is 0 Å². The number of benzene rings is 3. The van der Waals surface area contributed by atoms with Crippen molar-refractivity contribution in [1.29, 1.82) is 0 Å². The number of methoxy groups -OCH3 is 1. The van der Waals surface area contributed by atoms with E-state index in [-0.39, 0.29) is 11.7 Å². The Hall–Kier alpha value is -3.91. The van der Waals surface area contributed by atoms with Crippen LogP contribution in [-0.2, 0) is 0 Å². The normalized spacial score (nSPS) is 10.6. The highest BCUT2D eigenvalue weighted by atomic mass is 35.5. The highest BCUT2D eigenvalue weighted by Gasteiger charge is 2.26. The van der Waals surface area contributed by atoms with Crippen molar-refractivity contribution in [3.05, 3.63) is 82.1 Å². The van der Waals surface area contributed by atoms with Crippen molar-refractivity contribution in [2.45, 2.75) is 0 Å². The summed E-state index contributed by atoms with van der Waals surface area (Å²) in [6.07, 6.45) is 1.19. The molecule has 0 spiro atoms. The van der Waals surface area contributed by atoms with Gasteiger partial charge in [0.25, 0.3) is 0 Å². The number of aromatic nitrogens is 2. The average molecular weight is 423 g/mol. The quantitative estimate of drug-likeness (QED) is 0.312. The molecule has 8 nitrogen and oxygen atoms in total. The summed E-state index contributed by atoms with van der Waals surface area (Å²) >= 11 is 6.05. The molecule has 30 heavy (non-hydrogen) atoms. The number of anilines is 2. The maximum absolute atomic E-state index is 11.9. The van der Waals surface area contributed by atoms with E-state index in [1.54, 1.807) is 30.3 Å². The Labute approximate surface area is 176 Å². The third-order valence-electron chi connectivity index (χ3n) is 4.34. The number of hydrogen-bond acceptors (Lipinski definition) is 7. The summed E-state index contributed by atoms with van der Waals surface area (Å²) in [5, 5.41) is 16.9. The largest absolute Gasteiger partial charge is 0.495 e. The maximum atomic E-state index is 11.9. The van der Waals surface area contributed by atoms with Gasteiger partial charge in [0, 0.05) is 10.4 Å². The summed E-state index contributed by atoms with van der Waals surface area (Å²) in [5.74, 6) is 0.658. The summed E-state index contributed by atoms with van der Waals surface area (Å²) in [6, 6.07) is 17.9. The average Bonchev–Trinajstić information content (AvgIpc) is 2.74. The Morgan fingerprint density at radius 3 is 2.63 bits per heavy atom. The predicted molar refractivity (Wildman–Crippen MR) is 114 cm³/mol. The van der Waals surface area contributed by atoms with Crippen molar-refractivity contribution in [2.75, 3.05) is 12.4 Å². The minimum Gasteiger partial charge on any atom is -0.495 e. The van der Waals surface area contributed by atoms with Crippen LogP contribution in [0.1, 0.15) is 0 Å². The standard InChI is InChI=1S/C21H15ClN4O4/c1-29-18-10-9-14(22)11-16(18)25-20-19(26(27)28)21(24-12-23-20)30-17-8-4-6-13-5-2-3-7-15(13)17/h2-12H,1H3,(H,23,24,25). The van der Waals surface area contributed by atoms with Crippen LogP contribution < -0.4 is 14.8 Å². The van der Waals surface area contributed by atoms with Crippen LogP contribution in [0.25, 0.3) is 10.8 Å². The second kappa shape index (κ2) is 8.22. The van der Waals surface area contributed by atoms with Gasteiger partial charge in [-0.15, -0.1) is 0 Å². The summed E-state index contributed by atoms with van der Waals surface area (Å²) in [5.41, 5.74) is 0.00961. The van der Waals surface area contributed by atoms with Crippen LogP contribution in [0.2, 0.25) is 5.02 Å². The molecule has 0 fully saturated rings. The Kier molecular flexibility index (Phi) is 5.32. The number of nitro groups is 1. The van der Waals surface area contributed by atoms with Crippen LogP contribution in [-0.4, -0.2) is 22.0 Å². The molecule has 0 aliphatic carbocycles. The zero-order valence-electron chi connectivity index (χ0n) is 15.7. The molecule has 1 aromatic heterocycles. The Morgan fingerprint density at radius 2 is 1.83 bits per heavy atom. The molecular weight excluding hydrogens is 408 g/mol. The monoisotopic (exact) mass is 422 g/mol. The van der Waals surface area contributed by atoms with Crippen molar-refractivity contribution in [3.8, 4) is 17.4 Å². The molecule has 0 bridgehead atoms. The SMILES string of the molecule is COc1ccc(Cl)cc1Nc1ncnc(Oc2cccc3ccccc23)c1[N+](=O)[O-]. The van der Waals surface area contributed by atoms with E-state index in [4.69, 9.17) is 21.1 Å². The third kappa shape index (κ3) is 3.81. The Morgan fingerprint density at radius 1 is 1.03 bits per heavy atom. The fourth-order valence-corrected chi connectivity index (χ4v) is 3.16. The molecule has 0 unspecified atom stereocenters. The fraction of sp³-hybridized carbons (Fsp3) is 0.0476. The van der Waals surface area contributed by atoms with E-state index in [2.05, 4.69) is 15.3 Å². The molecule has 1 N–H and O–H groups in total. The zero-order valence-corrected chi connectivity index (χ0v) is 16.5. The van der Waals surface area contributed by atoms with Crippen molar-refractivity contribution >= 4 is 39.6 Å². The summed E-state index contributed by atoms with van der Waals surface area (Å²) in [4.78, 5) is 19.3. The fourth-order valence-electron chi connectivity index (χ4n) is 2.99. The van der Waals surface area contributed by atoms with Crippen molar-refractivity contribution < 1.29 is 14.4 Å². The highest BCUT2D eigenvalue weighted by Crippen LogP contribution is 2.39. The van der Waals surface area contributed by atoms with Gasteiger partial charge in [-0.05, 0) is 29.7 Å². The van der Waals surface area contributed by atoms with Gasteiger partial charge in [0.2, 0.25) is 5.82 Å². The van der Waals surface area contributed by atoms with Gasteiger partial charge in [-0.3, -0.25) is 10.1 Å². The highest BCUT2D eigenvalue weighted by molar-refractivity contribution is 6.31. The van der Waals surface area contributed by atoms with E-state index in [0.717, 1.165) is 10.8 Å². The van der Waals surface area contributed by atoms with Gasteiger partial charge in [-0.25, -0.2) is 4.98 Å². The van der Waals surface area contributed by atoms with E-state index in [1.807, 2.05) is 30.3 Å². The molecule has 1 heterocycles. The van der Waals surface area contributed by atoms with Gasteiger partial charge in [0.1, 0.15) is 17.8 Å². The van der Waals surface area contributed by atoms with Gasteiger partial charge in [0.15, 0.2) is 0 Å². The maximum Gasteiger partial charge on any atom is 0.373 e. The van der Waals surface area contributed by atoms with Gasteiger partial charge in [0.05, 0.1) is 17.7 Å². The number of hydrogen-bond donors (Lipinski definition) is 1. The molecule has 4 rings (SSSR count). The number of nitrogens with zero attached hydrogens (tertiary/aromatic N) is 3. The first-order chi connectivity index (χ1) is 14.6. The molecule has 0 aliphatic heterocycles. The molecule has 0 saturated heterocycles. The summed E-state index contributed by atoms with van der Waals surface area (Å²) in [7, 11) is 1.48. The van der Waals surface area contributed by atoms with Crippen molar-refractivity contribution in [1.82, 2.24) is 9.97 Å². The lowest BCUT2D eigenvalue weighted by Crippen LogP contribution is -2.04. The molecule has 9 heteroatoms. The number of ether oxygens (including phenoxy) is 2. The van der Waals surface area contributed by atoms with Crippen molar-refractivity contribution in [3.63, 3.8) is 0 Å². The lowest BCUT2D eigenvalue weighted by molar-refractivity contribution is -0.385. The van der Waals surface area contributed by atoms with Gasteiger partial charge in [-0.1, -0.05) is 48.0 Å². The van der Waals surface area contributed by atoms with E-state index >= 15 is 0 Å². The molecular formula is C21H15ClN4O4. The molecule has 150 valence electrons. The van der Waals surface area contributed by atoms with Gasteiger partial charge < -0.3 is 14.8 Å². The number of halogens is 1. The zero-order chi connectivity index (χ0) is 21.1. The Bertz CT molecular complexity index is 1240. The van der Waals surface area contributed by atoms with Crippen LogP contribution in [0.15, 0.2) is 67.0 Å². The molecule has 0 atom stereocenters. The Balaban J connectivity index is 1.77. The second-order valence-corrected chi connectivity index (χ2v) is 6.62. The first-order valence-electron chi connectivity index (χ1n) is 8.82. The smallest absolute Gasteiger partial charge is 0.373 e. The van der Waals surface area contributed by atoms with Gasteiger partial charge in [-0.2, -0.15) is 4.98 Å². The molecule has 0 aliphatic rings. The number of nitrogens with one attached hydrogen (secondary N) is 1. The van der Waals surface area contributed by atoms with Crippen molar-refractivity contribution in [2.24, 2.45) is 0 Å². The molecule has 0 radical (unpaired) electrons. The molecule has 0 amide bonds. The minimum absolute atomic E-state index is 0.0502.